The number of amides is 2. The molecule has 0 saturated carbocycles. The summed E-state index contributed by atoms with van der Waals surface area (Å²) in [5.41, 5.74) is 7.03. The van der Waals surface area contributed by atoms with E-state index in [-0.39, 0.29) is 11.7 Å². The molecule has 4 N–H and O–H groups in total. The lowest BCUT2D eigenvalue weighted by Gasteiger charge is -2.19. The Morgan fingerprint density at radius 1 is 1.32 bits per heavy atom. The van der Waals surface area contributed by atoms with Gasteiger partial charge < -0.3 is 21.1 Å². The fraction of sp³-hybridized carbons (Fsp3) is 0.467. The van der Waals surface area contributed by atoms with E-state index in [1.807, 2.05) is 7.85 Å². The summed E-state index contributed by atoms with van der Waals surface area (Å²) in [5.74, 6) is -0.00999. The van der Waals surface area contributed by atoms with Crippen LogP contribution in [-0.4, -0.2) is 53.1 Å². The third-order valence-corrected chi connectivity index (χ3v) is 3.31. The molecule has 0 fully saturated rings. The van der Waals surface area contributed by atoms with Gasteiger partial charge in [0, 0.05) is 13.1 Å². The highest BCUT2D eigenvalue weighted by molar-refractivity contribution is 6.32. The molecular weight excluding hydrogens is 323 g/mol. The Balaban J connectivity index is 1.85. The molecule has 2 rings (SSSR count). The fourth-order valence-corrected chi connectivity index (χ4v) is 2.29. The van der Waals surface area contributed by atoms with Crippen LogP contribution in [-0.2, 0) is 4.74 Å². The van der Waals surface area contributed by atoms with Crippen LogP contribution in [0.15, 0.2) is 12.4 Å². The molecule has 0 aliphatic rings. The molecule has 0 spiro atoms. The molecule has 0 bridgehead atoms. The number of anilines is 1. The summed E-state index contributed by atoms with van der Waals surface area (Å²) in [6, 6.07) is 1.72. The van der Waals surface area contributed by atoms with Crippen molar-refractivity contribution in [1.82, 2.24) is 25.2 Å². The molecular formula is C15H23BN6O3. The summed E-state index contributed by atoms with van der Waals surface area (Å²) < 4.78 is 6.72. The number of hydrogen-bond acceptors (Lipinski definition) is 6. The zero-order chi connectivity index (χ0) is 18.6. The predicted molar refractivity (Wildman–Crippen MR) is 96.8 cm³/mol. The second kappa shape index (κ2) is 7.41. The van der Waals surface area contributed by atoms with Gasteiger partial charge in [0.05, 0.1) is 5.56 Å². The summed E-state index contributed by atoms with van der Waals surface area (Å²) in [6.45, 7) is 6.19. The van der Waals surface area contributed by atoms with Crippen molar-refractivity contribution >= 4 is 36.8 Å². The van der Waals surface area contributed by atoms with Crippen molar-refractivity contribution in [3.63, 3.8) is 0 Å². The van der Waals surface area contributed by atoms with E-state index in [1.54, 1.807) is 31.4 Å². The monoisotopic (exact) mass is 346 g/mol. The number of aromatic nitrogens is 3. The van der Waals surface area contributed by atoms with Gasteiger partial charge in [0.1, 0.15) is 17.4 Å². The number of nitrogen functional groups attached to an aromatic ring is 1. The lowest BCUT2D eigenvalue weighted by molar-refractivity contribution is 0.0527. The summed E-state index contributed by atoms with van der Waals surface area (Å²) in [5, 5.41) is 9.52. The minimum atomic E-state index is -0.533. The lowest BCUT2D eigenvalue weighted by atomic mass is 10.1. The van der Waals surface area contributed by atoms with Crippen LogP contribution in [0, 0.1) is 0 Å². The standard InChI is InChI=1S/C15H23BN6O3/c1-15(2,3)25-14(24)19-6-4-5-18-13(23)9-7-10(16)22-11(9)12(17)20-8-21-22/h7-8H,4-6,16H2,1-3H3,(H,18,23)(H,19,24)(H2,17,20,21). The first-order valence-corrected chi connectivity index (χ1v) is 8.03. The van der Waals surface area contributed by atoms with E-state index in [4.69, 9.17) is 10.5 Å². The first-order chi connectivity index (χ1) is 11.7. The van der Waals surface area contributed by atoms with E-state index >= 15 is 0 Å². The maximum Gasteiger partial charge on any atom is 0.407 e. The number of carbonyl (C=O) groups is 2. The molecule has 2 heterocycles. The van der Waals surface area contributed by atoms with Crippen molar-refractivity contribution in [2.24, 2.45) is 0 Å². The van der Waals surface area contributed by atoms with Crippen LogP contribution in [0.4, 0.5) is 10.6 Å². The second-order valence-electron chi connectivity index (χ2n) is 6.64. The first-order valence-electron chi connectivity index (χ1n) is 8.03. The van der Waals surface area contributed by atoms with Crippen molar-refractivity contribution in [3.05, 3.63) is 18.0 Å². The van der Waals surface area contributed by atoms with Crippen molar-refractivity contribution in [1.29, 1.82) is 0 Å². The average Bonchev–Trinajstić information content (AvgIpc) is 2.84. The molecule has 0 aliphatic heterocycles. The average molecular weight is 346 g/mol. The van der Waals surface area contributed by atoms with E-state index in [0.29, 0.717) is 30.6 Å². The SMILES string of the molecule is Bc1cc(C(=O)NCCCNC(=O)OC(C)(C)C)c2c(N)ncnn12. The topological polar surface area (TPSA) is 124 Å². The molecule has 0 atom stereocenters. The number of alkyl carbamates (subject to hydrolysis) is 1. The van der Waals surface area contributed by atoms with Gasteiger partial charge in [-0.1, -0.05) is 0 Å². The van der Waals surface area contributed by atoms with Crippen LogP contribution in [0.5, 0.6) is 0 Å². The number of rotatable bonds is 5. The summed E-state index contributed by atoms with van der Waals surface area (Å²) in [6.07, 6.45) is 1.44. The van der Waals surface area contributed by atoms with Gasteiger partial charge in [-0.2, -0.15) is 5.10 Å². The van der Waals surface area contributed by atoms with Gasteiger partial charge in [0.2, 0.25) is 0 Å². The maximum absolute atomic E-state index is 12.4. The summed E-state index contributed by atoms with van der Waals surface area (Å²) >= 11 is 0. The Kier molecular flexibility index (Phi) is 5.50. The predicted octanol–water partition coefficient (Wildman–Crippen LogP) is -0.785. The molecule has 9 nitrogen and oxygen atoms in total. The highest BCUT2D eigenvalue weighted by atomic mass is 16.6. The van der Waals surface area contributed by atoms with E-state index < -0.39 is 11.7 Å². The number of hydrogen-bond donors (Lipinski definition) is 3. The Labute approximate surface area is 146 Å². The van der Waals surface area contributed by atoms with E-state index in [1.165, 1.54) is 6.33 Å². The fourth-order valence-electron chi connectivity index (χ4n) is 2.29. The Bertz CT molecular complexity index is 783. The van der Waals surface area contributed by atoms with Crippen LogP contribution in [0.3, 0.4) is 0 Å². The number of ether oxygens (including phenoxy) is 1. The largest absolute Gasteiger partial charge is 0.444 e. The smallest absolute Gasteiger partial charge is 0.407 e. The molecule has 2 aromatic heterocycles. The third kappa shape index (κ3) is 4.85. The molecule has 2 amide bonds. The second-order valence-corrected chi connectivity index (χ2v) is 6.64. The van der Waals surface area contributed by atoms with Gasteiger partial charge in [-0.15, -0.1) is 0 Å². The Hall–Kier alpha value is -2.78. The van der Waals surface area contributed by atoms with Crippen molar-refractivity contribution < 1.29 is 14.3 Å². The third-order valence-electron chi connectivity index (χ3n) is 3.31. The van der Waals surface area contributed by atoms with Crippen LogP contribution >= 0.6 is 0 Å². The van der Waals surface area contributed by atoms with Crippen LogP contribution in [0.1, 0.15) is 37.6 Å². The molecule has 2 aromatic rings. The zero-order valence-electron chi connectivity index (χ0n) is 14.9. The van der Waals surface area contributed by atoms with E-state index in [0.717, 1.165) is 5.59 Å². The molecule has 25 heavy (non-hydrogen) atoms. The zero-order valence-corrected chi connectivity index (χ0v) is 14.9. The number of nitrogens with two attached hydrogens (primary N) is 1. The van der Waals surface area contributed by atoms with Gasteiger partial charge in [-0.25, -0.2) is 14.3 Å². The van der Waals surface area contributed by atoms with Gasteiger partial charge in [-0.05, 0) is 38.9 Å². The van der Waals surface area contributed by atoms with E-state index in [2.05, 4.69) is 20.7 Å². The molecule has 134 valence electrons. The maximum atomic E-state index is 12.4. The summed E-state index contributed by atoms with van der Waals surface area (Å²) in [4.78, 5) is 27.8. The minimum absolute atomic E-state index is 0.250. The van der Waals surface area contributed by atoms with E-state index in [9.17, 15) is 9.59 Å². The lowest BCUT2D eigenvalue weighted by Crippen LogP contribution is -2.34. The number of fused-ring (bicyclic) bond motifs is 1. The van der Waals surface area contributed by atoms with Crippen LogP contribution in [0.2, 0.25) is 0 Å². The molecule has 0 radical (unpaired) electrons. The highest BCUT2D eigenvalue weighted by Gasteiger charge is 2.17. The minimum Gasteiger partial charge on any atom is -0.444 e. The van der Waals surface area contributed by atoms with Crippen molar-refractivity contribution in [3.8, 4) is 0 Å². The number of carbonyl (C=O) groups excluding carboxylic acids is 2. The van der Waals surface area contributed by atoms with Gasteiger partial charge >= 0.3 is 6.09 Å². The molecule has 0 unspecified atom stereocenters. The van der Waals surface area contributed by atoms with Crippen LogP contribution in [0.25, 0.3) is 5.52 Å². The molecule has 0 aromatic carbocycles. The molecule has 0 aliphatic carbocycles. The van der Waals surface area contributed by atoms with Gasteiger partial charge in [0.25, 0.3) is 5.91 Å². The van der Waals surface area contributed by atoms with Gasteiger partial charge in [0.15, 0.2) is 13.7 Å². The van der Waals surface area contributed by atoms with Crippen LogP contribution < -0.4 is 22.0 Å². The number of nitrogens with one attached hydrogen (secondary N) is 2. The molecule has 0 saturated heterocycles. The normalized spacial score (nSPS) is 11.3. The Morgan fingerprint density at radius 3 is 2.68 bits per heavy atom. The Morgan fingerprint density at radius 2 is 2.00 bits per heavy atom. The van der Waals surface area contributed by atoms with Gasteiger partial charge in [-0.3, -0.25) is 4.79 Å². The molecule has 10 heteroatoms. The van der Waals surface area contributed by atoms with Crippen molar-refractivity contribution in [2.45, 2.75) is 32.8 Å². The van der Waals surface area contributed by atoms with Crippen molar-refractivity contribution in [2.75, 3.05) is 18.8 Å². The number of nitrogens with zero attached hydrogens (tertiary/aromatic N) is 3. The summed E-state index contributed by atoms with van der Waals surface area (Å²) in [7, 11) is 1.83. The quantitative estimate of drug-likeness (QED) is 0.482. The first kappa shape index (κ1) is 18.6. The highest BCUT2D eigenvalue weighted by Crippen LogP contribution is 2.14.